The molecule has 20 heavy (non-hydrogen) atoms. The third-order valence-corrected chi connectivity index (χ3v) is 4.94. The summed E-state index contributed by atoms with van der Waals surface area (Å²) >= 11 is 0. The average molecular weight is 297 g/mol. The van der Waals surface area contributed by atoms with Crippen molar-refractivity contribution in [3.05, 3.63) is 29.8 Å². The van der Waals surface area contributed by atoms with Gasteiger partial charge in [0, 0.05) is 45.0 Å². The predicted octanol–water partition coefficient (Wildman–Crippen LogP) is 0.878. The number of rotatable bonds is 5. The minimum atomic E-state index is -3.16. The third-order valence-electron chi connectivity index (χ3n) is 3.62. The zero-order valence-electron chi connectivity index (χ0n) is 12.2. The summed E-state index contributed by atoms with van der Waals surface area (Å²) in [5, 5.41) is 3.33. The van der Waals surface area contributed by atoms with Crippen molar-refractivity contribution in [2.24, 2.45) is 0 Å². The number of hydrogen-bond acceptors (Lipinski definition) is 4. The van der Waals surface area contributed by atoms with Crippen LogP contribution in [0.4, 0.5) is 5.69 Å². The van der Waals surface area contributed by atoms with Crippen molar-refractivity contribution >= 4 is 15.7 Å². The Kier molecular flexibility index (Phi) is 5.01. The second kappa shape index (κ2) is 6.56. The van der Waals surface area contributed by atoms with Crippen molar-refractivity contribution in [2.45, 2.75) is 13.5 Å². The molecule has 0 unspecified atom stereocenters. The quantitative estimate of drug-likeness (QED) is 0.876. The van der Waals surface area contributed by atoms with E-state index in [1.54, 1.807) is 0 Å². The van der Waals surface area contributed by atoms with E-state index in [4.69, 9.17) is 0 Å². The van der Waals surface area contributed by atoms with Crippen molar-refractivity contribution < 1.29 is 8.42 Å². The van der Waals surface area contributed by atoms with Crippen LogP contribution in [0.5, 0.6) is 0 Å². The molecule has 0 atom stereocenters. The lowest BCUT2D eigenvalue weighted by Crippen LogP contribution is -2.44. The van der Waals surface area contributed by atoms with E-state index in [0.29, 0.717) is 13.1 Å². The van der Waals surface area contributed by atoms with Gasteiger partial charge in [-0.25, -0.2) is 8.42 Å². The van der Waals surface area contributed by atoms with Gasteiger partial charge in [0.05, 0.1) is 6.26 Å². The van der Waals surface area contributed by atoms with Crippen LogP contribution in [0.15, 0.2) is 24.3 Å². The molecule has 0 amide bonds. The summed E-state index contributed by atoms with van der Waals surface area (Å²) in [6.45, 7) is 6.67. The minimum Gasteiger partial charge on any atom is -0.369 e. The van der Waals surface area contributed by atoms with Crippen LogP contribution in [0.2, 0.25) is 0 Å². The van der Waals surface area contributed by atoms with E-state index in [-0.39, 0.29) is 0 Å². The number of para-hydroxylation sites is 1. The lowest BCUT2D eigenvalue weighted by Gasteiger charge is -2.32. The molecule has 5 nitrogen and oxygen atoms in total. The zero-order chi connectivity index (χ0) is 14.6. The minimum absolute atomic E-state index is 0.440. The van der Waals surface area contributed by atoms with Gasteiger partial charge >= 0.3 is 0 Å². The summed E-state index contributed by atoms with van der Waals surface area (Å²) in [4.78, 5) is 2.32. The molecule has 0 saturated carbocycles. The number of sulfonamides is 1. The average Bonchev–Trinajstić information content (AvgIpc) is 2.45. The molecule has 2 rings (SSSR count). The number of benzene rings is 1. The van der Waals surface area contributed by atoms with Gasteiger partial charge in [0.15, 0.2) is 0 Å². The maximum absolute atomic E-state index is 11.8. The fourth-order valence-electron chi connectivity index (χ4n) is 2.51. The molecule has 0 spiro atoms. The first kappa shape index (κ1) is 15.3. The van der Waals surface area contributed by atoms with Crippen molar-refractivity contribution in [1.29, 1.82) is 0 Å². The normalized spacial score (nSPS) is 16.6. The Morgan fingerprint density at radius 2 is 1.90 bits per heavy atom. The summed E-state index contributed by atoms with van der Waals surface area (Å²) in [7, 11) is -3.16. The fraction of sp³-hybridized carbons (Fsp3) is 0.571. The SMILES string of the molecule is CCN(Cc1ccccc1N1CCNCC1)S(C)(=O)=O. The molecule has 1 aromatic carbocycles. The van der Waals surface area contributed by atoms with Gasteiger partial charge in [0.25, 0.3) is 0 Å². The molecular weight excluding hydrogens is 274 g/mol. The van der Waals surface area contributed by atoms with Crippen molar-refractivity contribution in [2.75, 3.05) is 43.9 Å². The van der Waals surface area contributed by atoms with E-state index in [2.05, 4.69) is 16.3 Å². The van der Waals surface area contributed by atoms with Crippen LogP contribution >= 0.6 is 0 Å². The Morgan fingerprint density at radius 3 is 2.50 bits per heavy atom. The van der Waals surface area contributed by atoms with Gasteiger partial charge in [-0.15, -0.1) is 0 Å². The van der Waals surface area contributed by atoms with Crippen LogP contribution in [0.3, 0.4) is 0 Å². The lowest BCUT2D eigenvalue weighted by molar-refractivity contribution is 0.427. The molecule has 1 fully saturated rings. The van der Waals surface area contributed by atoms with Gasteiger partial charge in [-0.2, -0.15) is 4.31 Å². The first-order valence-electron chi connectivity index (χ1n) is 7.01. The standard InChI is InChI=1S/C14H23N3O2S/c1-3-17(20(2,18)19)12-13-6-4-5-7-14(13)16-10-8-15-9-11-16/h4-7,15H,3,8-12H2,1-2H3. The van der Waals surface area contributed by atoms with E-state index >= 15 is 0 Å². The molecule has 1 aromatic rings. The highest BCUT2D eigenvalue weighted by Crippen LogP contribution is 2.23. The molecule has 0 aromatic heterocycles. The largest absolute Gasteiger partial charge is 0.369 e. The maximum atomic E-state index is 11.8. The van der Waals surface area contributed by atoms with E-state index in [9.17, 15) is 8.42 Å². The van der Waals surface area contributed by atoms with E-state index in [0.717, 1.165) is 37.4 Å². The van der Waals surface area contributed by atoms with E-state index in [1.165, 1.54) is 10.6 Å². The van der Waals surface area contributed by atoms with Gasteiger partial charge in [0.1, 0.15) is 0 Å². The molecule has 1 saturated heterocycles. The maximum Gasteiger partial charge on any atom is 0.211 e. The monoisotopic (exact) mass is 297 g/mol. The predicted molar refractivity (Wildman–Crippen MR) is 82.5 cm³/mol. The van der Waals surface area contributed by atoms with Crippen LogP contribution in [0, 0.1) is 0 Å². The molecule has 1 aliphatic rings. The van der Waals surface area contributed by atoms with Crippen molar-refractivity contribution in [3.63, 3.8) is 0 Å². The van der Waals surface area contributed by atoms with E-state index in [1.807, 2.05) is 25.1 Å². The Balaban J connectivity index is 2.23. The van der Waals surface area contributed by atoms with E-state index < -0.39 is 10.0 Å². The highest BCUT2D eigenvalue weighted by Gasteiger charge is 2.19. The smallest absolute Gasteiger partial charge is 0.211 e. The van der Waals surface area contributed by atoms with Crippen LogP contribution in [0.25, 0.3) is 0 Å². The summed E-state index contributed by atoms with van der Waals surface area (Å²) < 4.78 is 25.0. The summed E-state index contributed by atoms with van der Waals surface area (Å²) in [6.07, 6.45) is 1.27. The fourth-order valence-corrected chi connectivity index (χ4v) is 3.35. The van der Waals surface area contributed by atoms with Gasteiger partial charge in [-0.05, 0) is 11.6 Å². The third kappa shape index (κ3) is 3.71. The molecule has 1 heterocycles. The second-order valence-electron chi connectivity index (χ2n) is 5.05. The highest BCUT2D eigenvalue weighted by molar-refractivity contribution is 7.88. The lowest BCUT2D eigenvalue weighted by atomic mass is 10.1. The summed E-state index contributed by atoms with van der Waals surface area (Å²) in [6, 6.07) is 8.08. The molecule has 1 N–H and O–H groups in total. The van der Waals surface area contributed by atoms with Crippen molar-refractivity contribution in [1.82, 2.24) is 9.62 Å². The van der Waals surface area contributed by atoms with Gasteiger partial charge in [0.2, 0.25) is 10.0 Å². The number of nitrogens with one attached hydrogen (secondary N) is 1. The van der Waals surface area contributed by atoms with Crippen molar-refractivity contribution in [3.8, 4) is 0 Å². The van der Waals surface area contributed by atoms with Crippen LogP contribution in [-0.4, -0.2) is 51.7 Å². The molecule has 0 radical (unpaired) electrons. The Morgan fingerprint density at radius 1 is 1.25 bits per heavy atom. The summed E-state index contributed by atoms with van der Waals surface area (Å²) in [5.74, 6) is 0. The Hall–Kier alpha value is -1.11. The number of hydrogen-bond donors (Lipinski definition) is 1. The van der Waals surface area contributed by atoms with Crippen LogP contribution in [0.1, 0.15) is 12.5 Å². The zero-order valence-corrected chi connectivity index (χ0v) is 13.0. The molecular formula is C14H23N3O2S. The Bertz CT molecular complexity index is 539. The molecule has 0 bridgehead atoms. The molecule has 0 aliphatic carbocycles. The first-order valence-corrected chi connectivity index (χ1v) is 8.86. The number of anilines is 1. The molecule has 6 heteroatoms. The van der Waals surface area contributed by atoms with Crippen LogP contribution < -0.4 is 10.2 Å². The van der Waals surface area contributed by atoms with Gasteiger partial charge in [-0.3, -0.25) is 0 Å². The van der Waals surface area contributed by atoms with Gasteiger partial charge in [-0.1, -0.05) is 25.1 Å². The Labute approximate surface area is 121 Å². The van der Waals surface area contributed by atoms with Gasteiger partial charge < -0.3 is 10.2 Å². The topological polar surface area (TPSA) is 52.6 Å². The molecule has 1 aliphatic heterocycles. The van der Waals surface area contributed by atoms with Crippen LogP contribution in [-0.2, 0) is 16.6 Å². The number of nitrogens with zero attached hydrogens (tertiary/aromatic N) is 2. The molecule has 112 valence electrons. The summed E-state index contributed by atoms with van der Waals surface area (Å²) in [5.41, 5.74) is 2.22. The highest BCUT2D eigenvalue weighted by atomic mass is 32.2. The number of piperazine rings is 1. The first-order chi connectivity index (χ1) is 9.52. The second-order valence-corrected chi connectivity index (χ2v) is 7.04.